The summed E-state index contributed by atoms with van der Waals surface area (Å²) in [6.45, 7) is 4.95. The van der Waals surface area contributed by atoms with E-state index < -0.39 is 0 Å². The van der Waals surface area contributed by atoms with Crippen LogP contribution >= 0.6 is 0 Å². The van der Waals surface area contributed by atoms with Gasteiger partial charge in [0.25, 0.3) is 0 Å². The van der Waals surface area contributed by atoms with E-state index in [2.05, 4.69) is 20.2 Å². The van der Waals surface area contributed by atoms with Gasteiger partial charge in [-0.05, 0) is 18.2 Å². The summed E-state index contributed by atoms with van der Waals surface area (Å²) < 4.78 is 5.29. The minimum absolute atomic E-state index is 0.0773. The smallest absolute Gasteiger partial charge is 0.244 e. The van der Waals surface area contributed by atoms with Crippen LogP contribution in [0.3, 0.4) is 0 Å². The lowest BCUT2D eigenvalue weighted by Crippen LogP contribution is -2.41. The standard InChI is InChI=1S/C16H20N4O2/c21-15(17-6-7-20-8-10-22-11-9-20)4-3-13-12-19-16-14(13)2-1-5-18-16/h1-5,12H,6-11H2,(H,17,21)(H,18,19). The Kier molecular flexibility index (Phi) is 4.82. The topological polar surface area (TPSA) is 70.2 Å². The summed E-state index contributed by atoms with van der Waals surface area (Å²) in [7, 11) is 0. The van der Waals surface area contributed by atoms with Crippen molar-refractivity contribution in [2.45, 2.75) is 0 Å². The highest BCUT2D eigenvalue weighted by atomic mass is 16.5. The maximum atomic E-state index is 11.8. The fraction of sp³-hybridized carbons (Fsp3) is 0.375. The number of H-pyrrole nitrogens is 1. The Morgan fingerprint density at radius 2 is 2.32 bits per heavy atom. The normalized spacial score (nSPS) is 16.4. The molecule has 22 heavy (non-hydrogen) atoms. The molecule has 116 valence electrons. The van der Waals surface area contributed by atoms with Gasteiger partial charge in [-0.15, -0.1) is 0 Å². The number of carbonyl (C=O) groups excluding carboxylic acids is 1. The predicted octanol–water partition coefficient (Wildman–Crippen LogP) is 1.02. The molecule has 6 heteroatoms. The fourth-order valence-electron chi connectivity index (χ4n) is 2.50. The van der Waals surface area contributed by atoms with Crippen LogP contribution in [0.5, 0.6) is 0 Å². The van der Waals surface area contributed by atoms with E-state index in [1.165, 1.54) is 0 Å². The molecule has 0 bridgehead atoms. The maximum absolute atomic E-state index is 11.8. The molecule has 1 amide bonds. The molecule has 6 nitrogen and oxygen atoms in total. The van der Waals surface area contributed by atoms with Crippen LogP contribution in [0, 0.1) is 0 Å². The SMILES string of the molecule is O=C(C=Cc1c[nH]c2ncccc12)NCCN1CCOCC1. The Balaban J connectivity index is 1.48. The van der Waals surface area contributed by atoms with Crippen molar-refractivity contribution in [3.8, 4) is 0 Å². The number of pyridine rings is 1. The van der Waals surface area contributed by atoms with E-state index in [1.807, 2.05) is 24.4 Å². The average molecular weight is 300 g/mol. The van der Waals surface area contributed by atoms with Crippen LogP contribution in [-0.4, -0.2) is 60.2 Å². The third kappa shape index (κ3) is 3.72. The number of amides is 1. The zero-order valence-electron chi connectivity index (χ0n) is 12.4. The van der Waals surface area contributed by atoms with Crippen molar-refractivity contribution >= 4 is 23.0 Å². The van der Waals surface area contributed by atoms with Crippen LogP contribution in [0.2, 0.25) is 0 Å². The van der Waals surface area contributed by atoms with Gasteiger partial charge in [0, 0.05) is 55.6 Å². The minimum Gasteiger partial charge on any atom is -0.379 e. The van der Waals surface area contributed by atoms with Crippen LogP contribution in [0.1, 0.15) is 5.56 Å². The van der Waals surface area contributed by atoms with Gasteiger partial charge in [0.05, 0.1) is 13.2 Å². The second kappa shape index (κ2) is 7.20. The molecule has 2 aromatic heterocycles. The summed E-state index contributed by atoms with van der Waals surface area (Å²) in [4.78, 5) is 21.4. The maximum Gasteiger partial charge on any atom is 0.244 e. The molecule has 0 aliphatic carbocycles. The van der Waals surface area contributed by atoms with Crippen LogP contribution in [0.15, 0.2) is 30.6 Å². The first-order chi connectivity index (χ1) is 10.8. The van der Waals surface area contributed by atoms with Crippen molar-refractivity contribution < 1.29 is 9.53 Å². The van der Waals surface area contributed by atoms with Crippen LogP contribution < -0.4 is 5.32 Å². The molecular formula is C16H20N4O2. The zero-order valence-corrected chi connectivity index (χ0v) is 12.4. The number of morpholine rings is 1. The summed E-state index contributed by atoms with van der Waals surface area (Å²) in [6, 6.07) is 3.87. The van der Waals surface area contributed by atoms with E-state index in [9.17, 15) is 4.79 Å². The van der Waals surface area contributed by atoms with E-state index in [1.54, 1.807) is 12.3 Å². The first-order valence-electron chi connectivity index (χ1n) is 7.51. The number of carbonyl (C=O) groups is 1. The molecule has 1 saturated heterocycles. The van der Waals surface area contributed by atoms with Gasteiger partial charge in [-0.3, -0.25) is 9.69 Å². The number of rotatable bonds is 5. The quantitative estimate of drug-likeness (QED) is 0.809. The highest BCUT2D eigenvalue weighted by Gasteiger charge is 2.09. The van der Waals surface area contributed by atoms with Crippen molar-refractivity contribution in [2.75, 3.05) is 39.4 Å². The third-order valence-electron chi connectivity index (χ3n) is 3.73. The predicted molar refractivity (Wildman–Crippen MR) is 85.4 cm³/mol. The van der Waals surface area contributed by atoms with Gasteiger partial charge in [0.1, 0.15) is 5.65 Å². The summed E-state index contributed by atoms with van der Waals surface area (Å²) >= 11 is 0. The van der Waals surface area contributed by atoms with Gasteiger partial charge in [-0.25, -0.2) is 4.98 Å². The lowest BCUT2D eigenvalue weighted by atomic mass is 10.2. The molecule has 2 aromatic rings. The van der Waals surface area contributed by atoms with Gasteiger partial charge in [0.15, 0.2) is 0 Å². The number of hydrogen-bond donors (Lipinski definition) is 2. The molecule has 1 fully saturated rings. The lowest BCUT2D eigenvalue weighted by molar-refractivity contribution is -0.116. The molecule has 2 N–H and O–H groups in total. The van der Waals surface area contributed by atoms with Gasteiger partial charge in [-0.2, -0.15) is 0 Å². The largest absolute Gasteiger partial charge is 0.379 e. The number of aromatic nitrogens is 2. The van der Waals surface area contributed by atoms with Crippen molar-refractivity contribution in [1.82, 2.24) is 20.2 Å². The molecule has 1 aliphatic heterocycles. The van der Waals surface area contributed by atoms with Crippen LogP contribution in [0.25, 0.3) is 17.1 Å². The van der Waals surface area contributed by atoms with Crippen molar-refractivity contribution in [1.29, 1.82) is 0 Å². The third-order valence-corrected chi connectivity index (χ3v) is 3.73. The lowest BCUT2D eigenvalue weighted by Gasteiger charge is -2.26. The molecule has 0 saturated carbocycles. The Morgan fingerprint density at radius 1 is 1.45 bits per heavy atom. The second-order valence-electron chi connectivity index (χ2n) is 5.22. The zero-order chi connectivity index (χ0) is 15.2. The Hall–Kier alpha value is -2.18. The van der Waals surface area contributed by atoms with E-state index in [4.69, 9.17) is 4.74 Å². The molecule has 0 radical (unpaired) electrons. The molecule has 3 rings (SSSR count). The van der Waals surface area contributed by atoms with E-state index >= 15 is 0 Å². The monoisotopic (exact) mass is 300 g/mol. The molecule has 0 unspecified atom stereocenters. The highest BCUT2D eigenvalue weighted by Crippen LogP contribution is 2.16. The Bertz CT molecular complexity index is 659. The molecule has 0 atom stereocenters. The van der Waals surface area contributed by atoms with Crippen molar-refractivity contribution in [2.24, 2.45) is 0 Å². The van der Waals surface area contributed by atoms with Gasteiger partial charge >= 0.3 is 0 Å². The van der Waals surface area contributed by atoms with Crippen LogP contribution in [0.4, 0.5) is 0 Å². The number of ether oxygens (including phenoxy) is 1. The Morgan fingerprint density at radius 3 is 3.18 bits per heavy atom. The van der Waals surface area contributed by atoms with E-state index in [-0.39, 0.29) is 5.91 Å². The molecule has 0 aromatic carbocycles. The minimum atomic E-state index is -0.0773. The summed E-state index contributed by atoms with van der Waals surface area (Å²) in [5.74, 6) is -0.0773. The second-order valence-corrected chi connectivity index (χ2v) is 5.22. The summed E-state index contributed by atoms with van der Waals surface area (Å²) in [5.41, 5.74) is 1.79. The summed E-state index contributed by atoms with van der Waals surface area (Å²) in [5, 5.41) is 3.92. The van der Waals surface area contributed by atoms with Crippen molar-refractivity contribution in [3.05, 3.63) is 36.2 Å². The van der Waals surface area contributed by atoms with Gasteiger partial charge in [0.2, 0.25) is 5.91 Å². The number of nitrogens with one attached hydrogen (secondary N) is 2. The van der Waals surface area contributed by atoms with E-state index in [0.29, 0.717) is 6.54 Å². The highest BCUT2D eigenvalue weighted by molar-refractivity contribution is 5.95. The Labute approximate surface area is 129 Å². The van der Waals surface area contributed by atoms with E-state index in [0.717, 1.165) is 49.4 Å². The summed E-state index contributed by atoms with van der Waals surface area (Å²) in [6.07, 6.45) is 6.97. The molecule has 1 aliphatic rings. The number of nitrogens with zero attached hydrogens (tertiary/aromatic N) is 2. The molecular weight excluding hydrogens is 280 g/mol. The van der Waals surface area contributed by atoms with Gasteiger partial charge in [-0.1, -0.05) is 0 Å². The van der Waals surface area contributed by atoms with Gasteiger partial charge < -0.3 is 15.0 Å². The first kappa shape index (κ1) is 14.7. The first-order valence-corrected chi connectivity index (χ1v) is 7.51. The fourth-order valence-corrected chi connectivity index (χ4v) is 2.50. The van der Waals surface area contributed by atoms with Crippen molar-refractivity contribution in [3.63, 3.8) is 0 Å². The molecule has 3 heterocycles. The van der Waals surface area contributed by atoms with Crippen LogP contribution in [-0.2, 0) is 9.53 Å². The molecule has 0 spiro atoms. The number of fused-ring (bicyclic) bond motifs is 1. The number of aromatic amines is 1. The number of hydrogen-bond acceptors (Lipinski definition) is 4. The average Bonchev–Trinajstić information content (AvgIpc) is 2.97.